The zero-order valence-corrected chi connectivity index (χ0v) is 16.1. The third-order valence-electron chi connectivity index (χ3n) is 7.71. The van der Waals surface area contributed by atoms with Crippen LogP contribution in [-0.2, 0) is 9.53 Å². The maximum absolute atomic E-state index is 12.4. The molecule has 0 aromatic rings. The van der Waals surface area contributed by atoms with Gasteiger partial charge in [-0.2, -0.15) is 0 Å². The summed E-state index contributed by atoms with van der Waals surface area (Å²) in [7, 11) is 2.27. The van der Waals surface area contributed by atoms with Gasteiger partial charge in [0.2, 0.25) is 0 Å². The molecule has 3 nitrogen and oxygen atoms in total. The molecule has 4 fully saturated rings. The van der Waals surface area contributed by atoms with Gasteiger partial charge in [0.15, 0.2) is 0 Å². The van der Waals surface area contributed by atoms with E-state index in [0.29, 0.717) is 35.8 Å². The highest BCUT2D eigenvalue weighted by Gasteiger charge is 2.53. The number of hydrogen-bond acceptors (Lipinski definition) is 3. The minimum Gasteiger partial charge on any atom is -0.462 e. The lowest BCUT2D eigenvalue weighted by molar-refractivity contribution is -0.144. The predicted octanol–water partition coefficient (Wildman–Crippen LogP) is 4.23. The number of rotatable bonds is 2. The number of carbonyl (C=O) groups is 1. The molecule has 2 saturated carbocycles. The van der Waals surface area contributed by atoms with Crippen LogP contribution in [0, 0.1) is 36.0 Å². The molecule has 0 aromatic heterocycles. The summed E-state index contributed by atoms with van der Waals surface area (Å²) >= 11 is 0. The first-order valence-electron chi connectivity index (χ1n) is 10.5. The van der Waals surface area contributed by atoms with Crippen molar-refractivity contribution in [2.45, 2.75) is 77.0 Å². The lowest BCUT2D eigenvalue weighted by atomic mass is 9.57. The number of cyclic esters (lactones) is 1. The summed E-state index contributed by atoms with van der Waals surface area (Å²) in [4.78, 5) is 14.9. The number of allylic oxidation sites excluding steroid dienone is 1. The summed E-state index contributed by atoms with van der Waals surface area (Å²) < 4.78 is 5.68. The van der Waals surface area contributed by atoms with Gasteiger partial charge in [-0.05, 0) is 70.8 Å². The Morgan fingerprint density at radius 1 is 1.16 bits per heavy atom. The summed E-state index contributed by atoms with van der Waals surface area (Å²) in [6.07, 6.45) is 16.4. The minimum absolute atomic E-state index is 0.0725. The fraction of sp³-hybridized carbons (Fsp3) is 0.818. The highest BCUT2D eigenvalue weighted by atomic mass is 16.6. The van der Waals surface area contributed by atoms with E-state index in [-0.39, 0.29) is 18.0 Å². The number of esters is 1. The highest BCUT2D eigenvalue weighted by Crippen LogP contribution is 2.53. The van der Waals surface area contributed by atoms with Crippen LogP contribution in [0.4, 0.5) is 0 Å². The number of ether oxygens (including phenoxy) is 1. The lowest BCUT2D eigenvalue weighted by Crippen LogP contribution is -2.44. The molecule has 4 rings (SSSR count). The van der Waals surface area contributed by atoms with E-state index < -0.39 is 0 Å². The molecule has 2 saturated heterocycles. The molecule has 2 aliphatic carbocycles. The normalized spacial score (nSPS) is 48.2. The molecule has 1 unspecified atom stereocenters. The van der Waals surface area contributed by atoms with Gasteiger partial charge >= 0.3 is 5.97 Å². The maximum Gasteiger partial charge on any atom is 0.309 e. The summed E-state index contributed by atoms with van der Waals surface area (Å²) in [6.45, 7) is 4.45. The Balaban J connectivity index is 1.57. The summed E-state index contributed by atoms with van der Waals surface area (Å²) in [5.74, 6) is 2.41. The van der Waals surface area contributed by atoms with Crippen molar-refractivity contribution < 1.29 is 9.53 Å². The number of likely N-dealkylation sites (tertiary alicyclic amines) is 1. The van der Waals surface area contributed by atoms with E-state index >= 15 is 0 Å². The van der Waals surface area contributed by atoms with E-state index in [9.17, 15) is 4.79 Å². The molecular weight excluding hydrogens is 310 g/mol. The Morgan fingerprint density at radius 2 is 2.00 bits per heavy atom. The molecule has 139 valence electrons. The van der Waals surface area contributed by atoms with Crippen LogP contribution in [0.15, 0.2) is 12.2 Å². The number of piperidine rings is 1. The molecule has 2 aliphatic heterocycles. The number of hydrogen-bond donors (Lipinski definition) is 0. The monoisotopic (exact) mass is 344 g/mol. The predicted molar refractivity (Wildman–Crippen MR) is 99.8 cm³/mol. The fourth-order valence-electron chi connectivity index (χ4n) is 6.17. The Labute approximate surface area is 153 Å². The van der Waals surface area contributed by atoms with Gasteiger partial charge < -0.3 is 4.74 Å². The van der Waals surface area contributed by atoms with Gasteiger partial charge in [-0.3, -0.25) is 9.69 Å². The topological polar surface area (TPSA) is 29.5 Å². The number of likely N-dealkylation sites (N-methyl/N-ethyl adjacent to an activating group) is 1. The van der Waals surface area contributed by atoms with Crippen LogP contribution >= 0.6 is 0 Å². The lowest BCUT2D eigenvalue weighted by Gasteiger charge is -2.46. The van der Waals surface area contributed by atoms with Crippen LogP contribution in [0.1, 0.15) is 58.8 Å². The average Bonchev–Trinajstić information content (AvgIpc) is 2.89. The van der Waals surface area contributed by atoms with Gasteiger partial charge in [0.05, 0.1) is 5.92 Å². The minimum atomic E-state index is 0.0725. The van der Waals surface area contributed by atoms with Crippen LogP contribution in [0.25, 0.3) is 0 Å². The third kappa shape index (κ3) is 3.18. The SMILES string of the molecule is C[C@@H]1OC(=O)[C@H]2C[C@H]3CCC[CH]C3[C@@H](/C=C/[C@H]3CCC[C@H](C)N3C)[C@@H]12. The summed E-state index contributed by atoms with van der Waals surface area (Å²) in [5, 5.41) is 0. The van der Waals surface area contributed by atoms with Crippen molar-refractivity contribution in [2.24, 2.45) is 29.6 Å². The van der Waals surface area contributed by atoms with Crippen molar-refractivity contribution >= 4 is 5.97 Å². The number of nitrogens with zero attached hydrogens (tertiary/aromatic N) is 1. The highest BCUT2D eigenvalue weighted by molar-refractivity contribution is 5.75. The molecule has 0 aromatic carbocycles. The zero-order valence-electron chi connectivity index (χ0n) is 16.1. The maximum atomic E-state index is 12.4. The van der Waals surface area contributed by atoms with E-state index in [1.54, 1.807) is 0 Å². The second-order valence-corrected chi connectivity index (χ2v) is 9.04. The second-order valence-electron chi connectivity index (χ2n) is 9.04. The van der Waals surface area contributed by atoms with E-state index in [2.05, 4.69) is 44.4 Å². The van der Waals surface area contributed by atoms with Crippen molar-refractivity contribution in [3.05, 3.63) is 18.6 Å². The third-order valence-corrected chi connectivity index (χ3v) is 7.71. The Hall–Kier alpha value is -0.830. The smallest absolute Gasteiger partial charge is 0.309 e. The number of carbonyl (C=O) groups excluding carboxylic acids is 1. The van der Waals surface area contributed by atoms with Gasteiger partial charge in [-0.1, -0.05) is 31.4 Å². The van der Waals surface area contributed by atoms with Crippen molar-refractivity contribution in [1.82, 2.24) is 4.90 Å². The molecule has 8 atom stereocenters. The summed E-state index contributed by atoms with van der Waals surface area (Å²) in [6, 6.07) is 1.23. The molecule has 4 aliphatic rings. The molecule has 2 heterocycles. The standard InChI is InChI=1S/C22H34NO2/c1-14-7-6-9-17(23(14)3)11-12-19-18-10-5-4-8-16(18)13-20-21(19)15(2)25-22(20)24/h10-12,14-21H,4-9,13H2,1-3H3/b12-11+/t14-,15-,16+,17+,18?,19+,20-,21+/m0/s1. The molecule has 0 spiro atoms. The molecule has 0 N–H and O–H groups in total. The van der Waals surface area contributed by atoms with Crippen LogP contribution in [0.3, 0.4) is 0 Å². The molecule has 0 bridgehead atoms. The first-order chi connectivity index (χ1) is 12.1. The van der Waals surface area contributed by atoms with Crippen LogP contribution in [-0.4, -0.2) is 36.1 Å². The van der Waals surface area contributed by atoms with Gasteiger partial charge in [-0.25, -0.2) is 0 Å². The second kappa shape index (κ2) is 7.06. The van der Waals surface area contributed by atoms with Crippen molar-refractivity contribution in [1.29, 1.82) is 0 Å². The Morgan fingerprint density at radius 3 is 2.84 bits per heavy atom. The Bertz CT molecular complexity index is 530. The molecule has 25 heavy (non-hydrogen) atoms. The Kier molecular flexibility index (Phi) is 4.96. The van der Waals surface area contributed by atoms with Crippen molar-refractivity contribution in [3.63, 3.8) is 0 Å². The van der Waals surface area contributed by atoms with Gasteiger partial charge in [0.25, 0.3) is 0 Å². The van der Waals surface area contributed by atoms with Crippen LogP contribution in [0.5, 0.6) is 0 Å². The summed E-state index contributed by atoms with van der Waals surface area (Å²) in [5.41, 5.74) is 0. The molecule has 0 amide bonds. The first kappa shape index (κ1) is 17.6. The van der Waals surface area contributed by atoms with E-state index in [1.807, 2.05) is 0 Å². The quantitative estimate of drug-likeness (QED) is 0.554. The van der Waals surface area contributed by atoms with E-state index in [4.69, 9.17) is 4.74 Å². The van der Waals surface area contributed by atoms with E-state index in [0.717, 1.165) is 6.42 Å². The molecule has 1 radical (unpaired) electrons. The van der Waals surface area contributed by atoms with Gasteiger partial charge in [0, 0.05) is 18.0 Å². The first-order valence-corrected chi connectivity index (χ1v) is 10.5. The van der Waals surface area contributed by atoms with Gasteiger partial charge in [-0.15, -0.1) is 0 Å². The number of fused-ring (bicyclic) bond motifs is 2. The van der Waals surface area contributed by atoms with E-state index in [1.165, 1.54) is 38.5 Å². The molecule has 3 heteroatoms. The zero-order chi connectivity index (χ0) is 17.6. The van der Waals surface area contributed by atoms with Gasteiger partial charge in [0.1, 0.15) is 6.10 Å². The van der Waals surface area contributed by atoms with Crippen molar-refractivity contribution in [3.8, 4) is 0 Å². The largest absolute Gasteiger partial charge is 0.462 e. The van der Waals surface area contributed by atoms with Crippen LogP contribution in [0.2, 0.25) is 0 Å². The van der Waals surface area contributed by atoms with Crippen molar-refractivity contribution in [2.75, 3.05) is 7.05 Å². The molecular formula is C22H34NO2. The fourth-order valence-corrected chi connectivity index (χ4v) is 6.17. The average molecular weight is 345 g/mol. The van der Waals surface area contributed by atoms with Crippen LogP contribution < -0.4 is 0 Å².